The minimum Gasteiger partial charge on any atom is -0.489 e. The molecule has 0 radical (unpaired) electrons. The minimum atomic E-state index is 0.210. The van der Waals surface area contributed by atoms with E-state index in [0.29, 0.717) is 0 Å². The van der Waals surface area contributed by atoms with Crippen molar-refractivity contribution in [1.29, 1.82) is 0 Å². The summed E-state index contributed by atoms with van der Waals surface area (Å²) in [7, 11) is 0. The molecule has 3 aromatic rings. The van der Waals surface area contributed by atoms with Gasteiger partial charge in [-0.2, -0.15) is 0 Å². The summed E-state index contributed by atoms with van der Waals surface area (Å²) in [6, 6.07) is 16.7. The first kappa shape index (κ1) is 14.0. The van der Waals surface area contributed by atoms with E-state index in [1.807, 2.05) is 18.2 Å². The number of fused-ring (bicyclic) bond motifs is 3. The van der Waals surface area contributed by atoms with Crippen molar-refractivity contribution >= 4 is 23.1 Å². The lowest BCUT2D eigenvalue weighted by Crippen LogP contribution is -2.05. The molecular formula is C21H19NO. The van der Waals surface area contributed by atoms with Gasteiger partial charge in [-0.1, -0.05) is 48.0 Å². The Morgan fingerprint density at radius 2 is 1.91 bits per heavy atom. The molecule has 23 heavy (non-hydrogen) atoms. The summed E-state index contributed by atoms with van der Waals surface area (Å²) in [4.78, 5) is 4.87. The Labute approximate surface area is 136 Å². The van der Waals surface area contributed by atoms with Gasteiger partial charge in [0.25, 0.3) is 0 Å². The number of rotatable bonds is 2. The van der Waals surface area contributed by atoms with Gasteiger partial charge >= 0.3 is 0 Å². The second-order valence-corrected chi connectivity index (χ2v) is 6.20. The number of aryl methyl sites for hydroxylation is 1. The first-order valence-electron chi connectivity index (χ1n) is 8.04. The summed E-state index contributed by atoms with van der Waals surface area (Å²) in [6.45, 7) is 4.22. The zero-order valence-corrected chi connectivity index (χ0v) is 13.4. The highest BCUT2D eigenvalue weighted by atomic mass is 16.5. The molecule has 0 aliphatic carbocycles. The SMILES string of the molecule is Cc1ccc2nc(C=Cc3ccccc3)c3c(c2c1)OC(C)C3. The van der Waals surface area contributed by atoms with Crippen molar-refractivity contribution in [1.82, 2.24) is 4.98 Å². The van der Waals surface area contributed by atoms with Crippen LogP contribution in [0, 0.1) is 6.92 Å². The number of hydrogen-bond donors (Lipinski definition) is 0. The van der Waals surface area contributed by atoms with Gasteiger partial charge < -0.3 is 4.74 Å². The lowest BCUT2D eigenvalue weighted by atomic mass is 10.0. The van der Waals surface area contributed by atoms with E-state index in [4.69, 9.17) is 9.72 Å². The van der Waals surface area contributed by atoms with Gasteiger partial charge in [-0.3, -0.25) is 0 Å². The Hall–Kier alpha value is -2.61. The Morgan fingerprint density at radius 1 is 1.09 bits per heavy atom. The summed E-state index contributed by atoms with van der Waals surface area (Å²) in [5, 5.41) is 1.13. The van der Waals surface area contributed by atoms with E-state index in [2.05, 4.69) is 56.3 Å². The summed E-state index contributed by atoms with van der Waals surface area (Å²) < 4.78 is 6.09. The second kappa shape index (κ2) is 5.54. The summed E-state index contributed by atoms with van der Waals surface area (Å²) in [5.41, 5.74) is 5.65. The molecule has 2 nitrogen and oxygen atoms in total. The monoisotopic (exact) mass is 301 g/mol. The van der Waals surface area contributed by atoms with Crippen molar-refractivity contribution in [3.05, 3.63) is 70.9 Å². The molecule has 2 aromatic carbocycles. The van der Waals surface area contributed by atoms with Crippen LogP contribution in [0.25, 0.3) is 23.1 Å². The molecule has 2 heterocycles. The third kappa shape index (κ3) is 2.61. The van der Waals surface area contributed by atoms with Crippen molar-refractivity contribution in [2.75, 3.05) is 0 Å². The van der Waals surface area contributed by atoms with Crippen LogP contribution in [0.2, 0.25) is 0 Å². The fraction of sp³-hybridized carbons (Fsp3) is 0.190. The van der Waals surface area contributed by atoms with Crippen LogP contribution < -0.4 is 4.74 Å². The summed E-state index contributed by atoms with van der Waals surface area (Å²) >= 11 is 0. The van der Waals surface area contributed by atoms with Crippen LogP contribution in [0.4, 0.5) is 0 Å². The highest BCUT2D eigenvalue weighted by Crippen LogP contribution is 2.38. The molecule has 0 N–H and O–H groups in total. The molecule has 2 heteroatoms. The van der Waals surface area contributed by atoms with Crippen molar-refractivity contribution in [3.8, 4) is 5.75 Å². The molecule has 114 valence electrons. The Balaban J connectivity index is 1.86. The van der Waals surface area contributed by atoms with Crippen LogP contribution in [-0.4, -0.2) is 11.1 Å². The van der Waals surface area contributed by atoms with Crippen LogP contribution in [-0.2, 0) is 6.42 Å². The third-order valence-corrected chi connectivity index (χ3v) is 4.26. The molecular weight excluding hydrogens is 282 g/mol. The quantitative estimate of drug-likeness (QED) is 0.661. The van der Waals surface area contributed by atoms with Crippen molar-refractivity contribution in [3.63, 3.8) is 0 Å². The van der Waals surface area contributed by atoms with Gasteiger partial charge in [0.05, 0.1) is 11.2 Å². The fourth-order valence-electron chi connectivity index (χ4n) is 3.14. The number of ether oxygens (including phenoxy) is 1. The van der Waals surface area contributed by atoms with Gasteiger partial charge in [0, 0.05) is 17.4 Å². The fourth-order valence-corrected chi connectivity index (χ4v) is 3.14. The standard InChI is InChI=1S/C21H19NO/c1-14-8-10-19-17(12-14)21-18(13-15(2)23-21)20(22-19)11-9-16-6-4-3-5-7-16/h3-12,15H,13H2,1-2H3. The molecule has 0 fully saturated rings. The van der Waals surface area contributed by atoms with Crippen LogP contribution >= 0.6 is 0 Å². The van der Waals surface area contributed by atoms with E-state index in [0.717, 1.165) is 28.8 Å². The van der Waals surface area contributed by atoms with Crippen LogP contribution in [0.3, 0.4) is 0 Å². The Kier molecular flexibility index (Phi) is 3.38. The normalized spacial score (nSPS) is 16.7. The number of pyridine rings is 1. The average molecular weight is 301 g/mol. The van der Waals surface area contributed by atoms with Gasteiger partial charge in [0.2, 0.25) is 0 Å². The summed E-state index contributed by atoms with van der Waals surface area (Å²) in [5.74, 6) is 1.01. The maximum Gasteiger partial charge on any atom is 0.134 e. The Bertz CT molecular complexity index is 897. The zero-order valence-electron chi connectivity index (χ0n) is 13.4. The van der Waals surface area contributed by atoms with Crippen LogP contribution in [0.15, 0.2) is 48.5 Å². The maximum absolute atomic E-state index is 6.09. The lowest BCUT2D eigenvalue weighted by molar-refractivity contribution is 0.257. The van der Waals surface area contributed by atoms with Crippen molar-refractivity contribution in [2.24, 2.45) is 0 Å². The molecule has 4 rings (SSSR count). The van der Waals surface area contributed by atoms with Crippen molar-refractivity contribution in [2.45, 2.75) is 26.4 Å². The van der Waals surface area contributed by atoms with E-state index < -0.39 is 0 Å². The van der Waals surface area contributed by atoms with E-state index >= 15 is 0 Å². The molecule has 1 unspecified atom stereocenters. The molecule has 1 aliphatic heterocycles. The van der Waals surface area contributed by atoms with Crippen LogP contribution in [0.1, 0.15) is 29.3 Å². The molecule has 0 saturated carbocycles. The highest BCUT2D eigenvalue weighted by Gasteiger charge is 2.25. The first-order chi connectivity index (χ1) is 11.2. The second-order valence-electron chi connectivity index (χ2n) is 6.20. The third-order valence-electron chi connectivity index (χ3n) is 4.26. The van der Waals surface area contributed by atoms with E-state index in [1.165, 1.54) is 16.7 Å². The van der Waals surface area contributed by atoms with Crippen molar-refractivity contribution < 1.29 is 4.74 Å². The predicted octanol–water partition coefficient (Wildman–Crippen LogP) is 5.04. The topological polar surface area (TPSA) is 22.1 Å². The smallest absolute Gasteiger partial charge is 0.134 e. The predicted molar refractivity (Wildman–Crippen MR) is 95.6 cm³/mol. The number of aromatic nitrogens is 1. The van der Waals surface area contributed by atoms with Gasteiger partial charge in [-0.05, 0) is 37.6 Å². The molecule has 0 bridgehead atoms. The van der Waals surface area contributed by atoms with Gasteiger partial charge in [0.15, 0.2) is 0 Å². The summed E-state index contributed by atoms with van der Waals surface area (Å²) in [6.07, 6.45) is 5.35. The largest absolute Gasteiger partial charge is 0.489 e. The molecule has 0 amide bonds. The molecule has 1 aromatic heterocycles. The van der Waals surface area contributed by atoms with Gasteiger partial charge in [-0.15, -0.1) is 0 Å². The number of benzene rings is 2. The van der Waals surface area contributed by atoms with E-state index in [1.54, 1.807) is 0 Å². The first-order valence-corrected chi connectivity index (χ1v) is 8.04. The molecule has 0 saturated heterocycles. The van der Waals surface area contributed by atoms with Gasteiger partial charge in [0.1, 0.15) is 11.9 Å². The average Bonchev–Trinajstić information content (AvgIpc) is 2.96. The molecule has 1 aliphatic rings. The van der Waals surface area contributed by atoms with E-state index in [9.17, 15) is 0 Å². The molecule has 1 atom stereocenters. The maximum atomic E-state index is 6.09. The number of hydrogen-bond acceptors (Lipinski definition) is 2. The lowest BCUT2D eigenvalue weighted by Gasteiger charge is -2.09. The van der Waals surface area contributed by atoms with E-state index in [-0.39, 0.29) is 6.10 Å². The Morgan fingerprint density at radius 3 is 2.74 bits per heavy atom. The van der Waals surface area contributed by atoms with Gasteiger partial charge in [-0.25, -0.2) is 4.98 Å². The number of nitrogens with zero attached hydrogens (tertiary/aromatic N) is 1. The zero-order chi connectivity index (χ0) is 15.8. The highest BCUT2D eigenvalue weighted by molar-refractivity contribution is 5.90. The van der Waals surface area contributed by atoms with Crippen LogP contribution in [0.5, 0.6) is 5.75 Å². The molecule has 0 spiro atoms. The minimum absolute atomic E-state index is 0.210.